The van der Waals surface area contributed by atoms with E-state index in [1.807, 2.05) is 0 Å². The summed E-state index contributed by atoms with van der Waals surface area (Å²) in [5.74, 6) is -0.114. The standard InChI is InChI=1S/C11H12N2O4S/c14-11-7-8-6-9(2-3-10(8)12-11)18(15,16)13-4-1-5-17-13/h2-3,6H,1,4-5,7H2,(H,12,14). The number of rotatable bonds is 2. The Kier molecular flexibility index (Phi) is 2.61. The quantitative estimate of drug-likeness (QED) is 0.847. The lowest BCUT2D eigenvalue weighted by Crippen LogP contribution is -2.26. The van der Waals surface area contributed by atoms with Gasteiger partial charge in [0.25, 0.3) is 10.0 Å². The van der Waals surface area contributed by atoms with E-state index in [-0.39, 0.29) is 17.2 Å². The molecule has 2 aliphatic rings. The van der Waals surface area contributed by atoms with Gasteiger partial charge in [-0.3, -0.25) is 9.63 Å². The van der Waals surface area contributed by atoms with E-state index in [2.05, 4.69) is 5.32 Å². The minimum Gasteiger partial charge on any atom is -0.326 e. The molecule has 2 aliphatic heterocycles. The van der Waals surface area contributed by atoms with Crippen LogP contribution < -0.4 is 5.32 Å². The van der Waals surface area contributed by atoms with Crippen molar-refractivity contribution in [3.8, 4) is 0 Å². The van der Waals surface area contributed by atoms with Crippen molar-refractivity contribution in [1.29, 1.82) is 0 Å². The van der Waals surface area contributed by atoms with Crippen LogP contribution in [0.4, 0.5) is 5.69 Å². The van der Waals surface area contributed by atoms with E-state index >= 15 is 0 Å². The molecule has 1 saturated heterocycles. The molecule has 1 aromatic rings. The number of fused-ring (bicyclic) bond motifs is 1. The van der Waals surface area contributed by atoms with E-state index in [9.17, 15) is 13.2 Å². The number of hydrogen-bond donors (Lipinski definition) is 1. The number of carbonyl (C=O) groups is 1. The summed E-state index contributed by atoms with van der Waals surface area (Å²) in [7, 11) is -3.61. The Morgan fingerprint density at radius 3 is 2.89 bits per heavy atom. The molecule has 1 amide bonds. The van der Waals surface area contributed by atoms with Gasteiger partial charge in [0.2, 0.25) is 5.91 Å². The molecule has 0 unspecified atom stereocenters. The Balaban J connectivity index is 1.98. The Morgan fingerprint density at radius 1 is 1.33 bits per heavy atom. The molecule has 0 radical (unpaired) electrons. The molecule has 0 saturated carbocycles. The summed E-state index contributed by atoms with van der Waals surface area (Å²) >= 11 is 0. The van der Waals surface area contributed by atoms with Crippen molar-refractivity contribution in [3.05, 3.63) is 23.8 Å². The first-order valence-corrected chi connectivity index (χ1v) is 7.10. The van der Waals surface area contributed by atoms with Crippen LogP contribution in [0.25, 0.3) is 0 Å². The number of sulfonamides is 1. The Morgan fingerprint density at radius 2 is 2.17 bits per heavy atom. The lowest BCUT2D eigenvalue weighted by Gasteiger charge is -2.14. The van der Waals surface area contributed by atoms with E-state index in [0.29, 0.717) is 30.8 Å². The van der Waals surface area contributed by atoms with Crippen LogP contribution in [-0.2, 0) is 26.1 Å². The van der Waals surface area contributed by atoms with Gasteiger partial charge in [0.15, 0.2) is 0 Å². The van der Waals surface area contributed by atoms with Crippen molar-refractivity contribution in [3.63, 3.8) is 0 Å². The van der Waals surface area contributed by atoms with E-state index in [1.54, 1.807) is 6.07 Å². The molecule has 96 valence electrons. The number of benzene rings is 1. The fourth-order valence-corrected chi connectivity index (χ4v) is 3.45. The lowest BCUT2D eigenvalue weighted by molar-refractivity contribution is -0.115. The first-order valence-electron chi connectivity index (χ1n) is 5.66. The third-order valence-electron chi connectivity index (χ3n) is 2.99. The van der Waals surface area contributed by atoms with Crippen molar-refractivity contribution in [2.24, 2.45) is 0 Å². The molecule has 6 nitrogen and oxygen atoms in total. The molecule has 7 heteroatoms. The molecule has 2 heterocycles. The molecule has 1 fully saturated rings. The Labute approximate surface area is 105 Å². The van der Waals surface area contributed by atoms with Gasteiger partial charge in [0, 0.05) is 12.2 Å². The molecule has 0 atom stereocenters. The Bertz CT molecular complexity index is 605. The van der Waals surface area contributed by atoms with E-state index in [1.165, 1.54) is 12.1 Å². The summed E-state index contributed by atoms with van der Waals surface area (Å²) in [6.07, 6.45) is 0.920. The van der Waals surface area contributed by atoms with E-state index in [4.69, 9.17) is 4.84 Å². The zero-order chi connectivity index (χ0) is 12.8. The second-order valence-corrected chi connectivity index (χ2v) is 6.09. The van der Waals surface area contributed by atoms with Crippen LogP contribution in [0, 0.1) is 0 Å². The predicted molar refractivity (Wildman–Crippen MR) is 63.2 cm³/mol. The van der Waals surface area contributed by atoms with E-state index < -0.39 is 10.0 Å². The van der Waals surface area contributed by atoms with Crippen LogP contribution in [-0.4, -0.2) is 31.9 Å². The maximum absolute atomic E-state index is 12.2. The maximum atomic E-state index is 12.2. The van der Waals surface area contributed by atoms with Crippen LogP contribution in [0.3, 0.4) is 0 Å². The molecule has 0 spiro atoms. The fourth-order valence-electron chi connectivity index (χ4n) is 2.10. The molecule has 0 aromatic heterocycles. The lowest BCUT2D eigenvalue weighted by atomic mass is 10.2. The molecule has 0 bridgehead atoms. The van der Waals surface area contributed by atoms with Crippen LogP contribution in [0.1, 0.15) is 12.0 Å². The number of nitrogens with zero attached hydrogens (tertiary/aromatic N) is 1. The van der Waals surface area contributed by atoms with Gasteiger partial charge in [0.05, 0.1) is 17.9 Å². The third-order valence-corrected chi connectivity index (χ3v) is 4.66. The summed E-state index contributed by atoms with van der Waals surface area (Å²) in [5, 5.41) is 2.67. The predicted octanol–water partition coefficient (Wildman–Crippen LogP) is 0.507. The summed E-state index contributed by atoms with van der Waals surface area (Å²) in [6, 6.07) is 4.63. The van der Waals surface area contributed by atoms with Crippen LogP contribution in [0.15, 0.2) is 23.1 Å². The third kappa shape index (κ3) is 1.80. The van der Waals surface area contributed by atoms with Gasteiger partial charge in [-0.15, -0.1) is 0 Å². The number of hydroxylamine groups is 1. The number of nitrogens with one attached hydrogen (secondary N) is 1. The summed E-state index contributed by atoms with van der Waals surface area (Å²) < 4.78 is 25.4. The normalized spacial score (nSPS) is 19.9. The molecule has 1 N–H and O–H groups in total. The van der Waals surface area contributed by atoms with Crippen molar-refractivity contribution >= 4 is 21.6 Å². The second-order valence-electron chi connectivity index (χ2n) is 4.26. The van der Waals surface area contributed by atoms with Gasteiger partial charge in [-0.25, -0.2) is 8.42 Å². The highest BCUT2D eigenvalue weighted by Crippen LogP contribution is 2.28. The highest BCUT2D eigenvalue weighted by Gasteiger charge is 2.30. The smallest absolute Gasteiger partial charge is 0.265 e. The average molecular weight is 268 g/mol. The average Bonchev–Trinajstić information content (AvgIpc) is 2.95. The highest BCUT2D eigenvalue weighted by molar-refractivity contribution is 7.89. The van der Waals surface area contributed by atoms with Crippen molar-refractivity contribution in [2.45, 2.75) is 17.7 Å². The van der Waals surface area contributed by atoms with Gasteiger partial charge in [-0.05, 0) is 30.2 Å². The van der Waals surface area contributed by atoms with Crippen molar-refractivity contribution in [1.82, 2.24) is 4.47 Å². The van der Waals surface area contributed by atoms with Gasteiger partial charge in [-0.2, -0.15) is 0 Å². The number of carbonyl (C=O) groups excluding carboxylic acids is 1. The number of hydrogen-bond acceptors (Lipinski definition) is 4. The molecule has 18 heavy (non-hydrogen) atoms. The first kappa shape index (κ1) is 11.6. The van der Waals surface area contributed by atoms with Crippen LogP contribution in [0.5, 0.6) is 0 Å². The van der Waals surface area contributed by atoms with Gasteiger partial charge >= 0.3 is 0 Å². The van der Waals surface area contributed by atoms with Crippen LogP contribution in [0.2, 0.25) is 0 Å². The second kappa shape index (κ2) is 4.04. The zero-order valence-corrected chi connectivity index (χ0v) is 10.4. The molecule has 0 aliphatic carbocycles. The van der Waals surface area contributed by atoms with Gasteiger partial charge < -0.3 is 5.32 Å². The highest BCUT2D eigenvalue weighted by atomic mass is 32.2. The number of anilines is 1. The fraction of sp³-hybridized carbons (Fsp3) is 0.364. The largest absolute Gasteiger partial charge is 0.326 e. The first-order chi connectivity index (χ1) is 8.57. The van der Waals surface area contributed by atoms with Gasteiger partial charge in [-0.1, -0.05) is 4.47 Å². The zero-order valence-electron chi connectivity index (χ0n) is 9.55. The molecular formula is C11H12N2O4S. The van der Waals surface area contributed by atoms with E-state index in [0.717, 1.165) is 4.47 Å². The van der Waals surface area contributed by atoms with Crippen LogP contribution >= 0.6 is 0 Å². The van der Waals surface area contributed by atoms with Crippen molar-refractivity contribution in [2.75, 3.05) is 18.5 Å². The number of amides is 1. The summed E-state index contributed by atoms with van der Waals surface area (Å²) in [4.78, 5) is 16.5. The molecule has 1 aromatic carbocycles. The summed E-state index contributed by atoms with van der Waals surface area (Å²) in [5.41, 5.74) is 1.39. The minimum absolute atomic E-state index is 0.114. The summed E-state index contributed by atoms with van der Waals surface area (Å²) in [6.45, 7) is 0.792. The topological polar surface area (TPSA) is 75.7 Å². The molecular weight excluding hydrogens is 256 g/mol. The SMILES string of the molecule is O=C1Cc2cc(S(=O)(=O)N3CCCO3)ccc2N1. The minimum atomic E-state index is -3.61. The maximum Gasteiger partial charge on any atom is 0.265 e. The van der Waals surface area contributed by atoms with Crippen molar-refractivity contribution < 1.29 is 18.0 Å². The monoisotopic (exact) mass is 268 g/mol. The molecule has 3 rings (SSSR count). The van der Waals surface area contributed by atoms with Gasteiger partial charge in [0.1, 0.15) is 0 Å². The Hall–Kier alpha value is -1.44.